The molecule has 6 heteroatoms. The summed E-state index contributed by atoms with van der Waals surface area (Å²) in [6.07, 6.45) is 1.35. The molecule has 6 aromatic carbocycles. The van der Waals surface area contributed by atoms with Gasteiger partial charge in [-0.15, -0.1) is 0 Å². The van der Waals surface area contributed by atoms with E-state index in [2.05, 4.69) is 151 Å². The van der Waals surface area contributed by atoms with E-state index in [1.807, 2.05) is 0 Å². The van der Waals surface area contributed by atoms with Crippen LogP contribution in [0.1, 0.15) is 97.1 Å². The van der Waals surface area contributed by atoms with Crippen LogP contribution in [0.4, 0.5) is 0 Å². The second-order valence-corrected chi connectivity index (χ2v) is 17.3. The Morgan fingerprint density at radius 1 is 0.509 bits per heavy atom. The lowest BCUT2D eigenvalue weighted by Crippen LogP contribution is -2.56. The lowest BCUT2D eigenvalue weighted by atomic mass is 9.68. The summed E-state index contributed by atoms with van der Waals surface area (Å²) < 4.78 is 27.5. The molecule has 4 heterocycles. The van der Waals surface area contributed by atoms with Crippen LogP contribution in [0.5, 0.6) is 11.5 Å². The minimum atomic E-state index is -0.950. The fourth-order valence-corrected chi connectivity index (χ4v) is 9.44. The van der Waals surface area contributed by atoms with E-state index in [0.29, 0.717) is 37.9 Å². The zero-order valence-corrected chi connectivity index (χ0v) is 32.4. The fourth-order valence-electron chi connectivity index (χ4n) is 9.44. The van der Waals surface area contributed by atoms with Crippen molar-refractivity contribution in [1.82, 2.24) is 0 Å². The number of ether oxygens (including phenoxy) is 4. The predicted octanol–water partition coefficient (Wildman–Crippen LogP) is 11.2. The highest BCUT2D eigenvalue weighted by Crippen LogP contribution is 2.56. The minimum Gasteiger partial charge on any atom is -0.475 e. The fraction of sp³-hybridized carbons (Fsp3) is 0.306. The number of rotatable bonds is 4. The van der Waals surface area contributed by atoms with E-state index in [0.717, 1.165) is 56.0 Å². The molecule has 4 aliphatic rings. The highest BCUT2D eigenvalue weighted by molar-refractivity contribution is 6.00. The summed E-state index contributed by atoms with van der Waals surface area (Å²) in [5, 5.41) is 4.84. The van der Waals surface area contributed by atoms with Crippen LogP contribution in [0.3, 0.4) is 0 Å². The van der Waals surface area contributed by atoms with Gasteiger partial charge in [0.15, 0.2) is 0 Å². The molecule has 0 saturated heterocycles. The first-order valence-corrected chi connectivity index (χ1v) is 19.5. The van der Waals surface area contributed by atoms with Crippen molar-refractivity contribution in [3.8, 4) is 11.5 Å². The third kappa shape index (κ3) is 5.76. The Bertz CT molecular complexity index is 2440. The van der Waals surface area contributed by atoms with Crippen molar-refractivity contribution in [1.29, 1.82) is 0 Å². The van der Waals surface area contributed by atoms with Gasteiger partial charge in [-0.2, -0.15) is 0 Å². The van der Waals surface area contributed by atoms with Crippen molar-refractivity contribution in [3.63, 3.8) is 0 Å². The van der Waals surface area contributed by atoms with Gasteiger partial charge < -0.3 is 18.9 Å². The highest BCUT2D eigenvalue weighted by Gasteiger charge is 2.55. The molecule has 55 heavy (non-hydrogen) atoms. The molecule has 0 aliphatic carbocycles. The van der Waals surface area contributed by atoms with Crippen molar-refractivity contribution >= 4 is 33.3 Å². The molecule has 1 spiro atoms. The van der Waals surface area contributed by atoms with E-state index in [1.165, 1.54) is 21.5 Å². The van der Waals surface area contributed by atoms with E-state index < -0.39 is 5.79 Å². The topological polar surface area (TPSA) is 61.6 Å². The van der Waals surface area contributed by atoms with Gasteiger partial charge in [0.1, 0.15) is 36.8 Å². The Morgan fingerprint density at radius 2 is 0.927 bits per heavy atom. The van der Waals surface area contributed by atoms with Gasteiger partial charge in [-0.05, 0) is 81.9 Å². The lowest BCUT2D eigenvalue weighted by molar-refractivity contribution is -0.166. The van der Waals surface area contributed by atoms with Crippen molar-refractivity contribution in [2.24, 2.45) is 9.98 Å². The first kappa shape index (κ1) is 33.9. The van der Waals surface area contributed by atoms with Crippen LogP contribution in [-0.4, -0.2) is 30.8 Å². The monoisotopic (exact) mass is 726 g/mol. The van der Waals surface area contributed by atoms with Gasteiger partial charge in [-0.3, -0.25) is 0 Å². The van der Waals surface area contributed by atoms with Gasteiger partial charge in [-0.25, -0.2) is 9.98 Å². The van der Waals surface area contributed by atoms with E-state index in [1.54, 1.807) is 0 Å². The third-order valence-corrected chi connectivity index (χ3v) is 12.0. The number of aliphatic imine (C=N–C) groups is 2. The van der Waals surface area contributed by atoms with Gasteiger partial charge in [0.05, 0.1) is 11.1 Å². The Hall–Kier alpha value is -5.62. The molecule has 0 fully saturated rings. The van der Waals surface area contributed by atoms with Crippen LogP contribution in [0.15, 0.2) is 119 Å². The molecular formula is C49H46N2O4. The molecule has 2 atom stereocenters. The highest BCUT2D eigenvalue weighted by atomic mass is 16.7. The SMILES string of the molecule is Cc1cc(C2=N[C@@H](c3ccc4ccccc4c3)CO2)c2c(c1)C(C)(C)CC1(CC(C)(C)c3cc(C)cc(C4=N[C@@H](c5ccc6ccccc6c5)CO4)c3O1)O2. The minimum absolute atomic E-state index is 0.102. The molecule has 10 rings (SSSR count). The smallest absolute Gasteiger partial charge is 0.253 e. The molecule has 4 aliphatic heterocycles. The molecule has 6 nitrogen and oxygen atoms in total. The van der Waals surface area contributed by atoms with Crippen LogP contribution < -0.4 is 9.47 Å². The van der Waals surface area contributed by atoms with E-state index in [-0.39, 0.29) is 22.9 Å². The van der Waals surface area contributed by atoms with Crippen LogP contribution in [0.25, 0.3) is 21.5 Å². The zero-order chi connectivity index (χ0) is 37.7. The molecule has 0 radical (unpaired) electrons. The maximum absolute atomic E-state index is 7.30. The summed E-state index contributed by atoms with van der Waals surface area (Å²) in [4.78, 5) is 10.4. The lowest BCUT2D eigenvalue weighted by Gasteiger charge is -2.52. The van der Waals surface area contributed by atoms with Crippen molar-refractivity contribution in [2.45, 2.75) is 83.1 Å². The standard InChI is InChI=1S/C49H46N2O4/c1-29-19-37(45-50-41(25-52-45)35-17-15-31-11-7-9-13-33(31)23-35)43-39(21-29)47(3,4)27-49(54-43)28-48(5,6)40-22-30(2)20-38(44(40)55-49)46-51-42(26-53-46)36-18-16-32-12-8-10-14-34(32)24-36/h7-24,41-42H,25-28H2,1-6H3/t41-,42-,49?/m1/s1. The molecule has 6 aromatic rings. The third-order valence-electron chi connectivity index (χ3n) is 12.0. The first-order chi connectivity index (χ1) is 26.4. The van der Waals surface area contributed by atoms with Gasteiger partial charge in [0, 0.05) is 34.8 Å². The van der Waals surface area contributed by atoms with E-state index >= 15 is 0 Å². The second kappa shape index (κ2) is 12.2. The maximum Gasteiger partial charge on any atom is 0.253 e. The summed E-state index contributed by atoms with van der Waals surface area (Å²) in [5.74, 6) is 1.86. The molecule has 0 N–H and O–H groups in total. The number of fused-ring (bicyclic) bond motifs is 4. The molecule has 276 valence electrons. The number of aryl methyl sites for hydroxylation is 2. The zero-order valence-electron chi connectivity index (χ0n) is 32.4. The average Bonchev–Trinajstić information content (AvgIpc) is 3.86. The molecule has 0 bridgehead atoms. The average molecular weight is 727 g/mol. The van der Waals surface area contributed by atoms with Gasteiger partial charge in [-0.1, -0.05) is 113 Å². The van der Waals surface area contributed by atoms with E-state index in [4.69, 9.17) is 28.9 Å². The van der Waals surface area contributed by atoms with E-state index in [9.17, 15) is 0 Å². The predicted molar refractivity (Wildman–Crippen MR) is 220 cm³/mol. The van der Waals surface area contributed by atoms with Crippen LogP contribution in [0.2, 0.25) is 0 Å². The summed E-state index contributed by atoms with van der Waals surface area (Å²) in [6.45, 7) is 14.4. The van der Waals surface area contributed by atoms with Crippen LogP contribution in [-0.2, 0) is 20.3 Å². The number of benzene rings is 6. The van der Waals surface area contributed by atoms with Gasteiger partial charge in [0.2, 0.25) is 11.8 Å². The van der Waals surface area contributed by atoms with Crippen molar-refractivity contribution < 1.29 is 18.9 Å². The summed E-state index contributed by atoms with van der Waals surface area (Å²) >= 11 is 0. The molecular weight excluding hydrogens is 681 g/mol. The number of hydrogen-bond acceptors (Lipinski definition) is 6. The molecule has 0 saturated carbocycles. The number of nitrogens with zero attached hydrogens (tertiary/aromatic N) is 2. The molecule has 0 aromatic heterocycles. The Balaban J connectivity index is 1.03. The van der Waals surface area contributed by atoms with Crippen molar-refractivity contribution in [3.05, 3.63) is 154 Å². The van der Waals surface area contributed by atoms with Gasteiger partial charge in [0.25, 0.3) is 5.79 Å². The molecule has 0 amide bonds. The van der Waals surface area contributed by atoms with Crippen LogP contribution in [0, 0.1) is 13.8 Å². The normalized spacial score (nSPS) is 21.5. The quantitative estimate of drug-likeness (QED) is 0.181. The Labute approximate surface area is 322 Å². The second-order valence-electron chi connectivity index (χ2n) is 17.3. The van der Waals surface area contributed by atoms with Crippen molar-refractivity contribution in [2.75, 3.05) is 13.2 Å². The summed E-state index contributed by atoms with van der Waals surface area (Å²) in [6, 6.07) is 38.6. The first-order valence-electron chi connectivity index (χ1n) is 19.5. The Kier molecular flexibility index (Phi) is 7.52. The summed E-state index contributed by atoms with van der Waals surface area (Å²) in [5.41, 5.74) is 8.08. The van der Waals surface area contributed by atoms with Crippen LogP contribution >= 0.6 is 0 Å². The van der Waals surface area contributed by atoms with Gasteiger partial charge >= 0.3 is 0 Å². The maximum atomic E-state index is 7.30. The molecule has 0 unspecified atom stereocenters. The Morgan fingerprint density at radius 3 is 1.36 bits per heavy atom. The largest absolute Gasteiger partial charge is 0.475 e. The number of hydrogen-bond donors (Lipinski definition) is 0. The summed E-state index contributed by atoms with van der Waals surface area (Å²) in [7, 11) is 0.